The van der Waals surface area contributed by atoms with Gasteiger partial charge in [-0.05, 0) is 55.2 Å². The highest BCUT2D eigenvalue weighted by atomic mass is 32.2. The molecule has 0 fully saturated rings. The molecule has 0 bridgehead atoms. The molecule has 2 heterocycles. The minimum atomic E-state index is -3.20. The van der Waals surface area contributed by atoms with Crippen LogP contribution in [0.15, 0.2) is 41.9 Å². The molecule has 1 aliphatic rings. The van der Waals surface area contributed by atoms with Crippen molar-refractivity contribution in [1.29, 1.82) is 0 Å². The van der Waals surface area contributed by atoms with Crippen LogP contribution in [0.25, 0.3) is 11.1 Å². The first-order valence-electron chi connectivity index (χ1n) is 8.01. The summed E-state index contributed by atoms with van der Waals surface area (Å²) in [4.78, 5) is 16.7. The number of hydrogen-bond donors (Lipinski definition) is 1. The highest BCUT2D eigenvalue weighted by molar-refractivity contribution is 7.94. The number of aryl methyl sites for hydroxylation is 3. The molecular formula is C19H20N2O3S. The number of aromatic nitrogens is 1. The van der Waals surface area contributed by atoms with E-state index in [4.69, 9.17) is 0 Å². The van der Waals surface area contributed by atoms with Crippen molar-refractivity contribution in [1.82, 2.24) is 10.3 Å². The van der Waals surface area contributed by atoms with Crippen LogP contribution in [0.4, 0.5) is 0 Å². The number of rotatable bonds is 3. The molecule has 1 aromatic heterocycles. The molecule has 0 saturated heterocycles. The zero-order valence-electron chi connectivity index (χ0n) is 14.4. The number of nitrogens with zero attached hydrogens (tertiary/aromatic N) is 1. The lowest BCUT2D eigenvalue weighted by atomic mass is 10.00. The summed E-state index contributed by atoms with van der Waals surface area (Å²) in [5, 5.41) is 3.84. The molecule has 1 N–H and O–H groups in total. The number of benzene rings is 1. The van der Waals surface area contributed by atoms with Crippen molar-refractivity contribution in [3.63, 3.8) is 0 Å². The van der Waals surface area contributed by atoms with Gasteiger partial charge in [0.2, 0.25) is 0 Å². The number of carbonyl (C=O) groups is 1. The number of amides is 1. The van der Waals surface area contributed by atoms with E-state index < -0.39 is 15.9 Å². The van der Waals surface area contributed by atoms with Crippen molar-refractivity contribution in [2.45, 2.75) is 26.8 Å². The fraction of sp³-hybridized carbons (Fsp3) is 0.263. The second kappa shape index (κ2) is 6.44. The van der Waals surface area contributed by atoms with Gasteiger partial charge >= 0.3 is 0 Å². The van der Waals surface area contributed by atoms with Crippen LogP contribution in [0, 0.1) is 20.8 Å². The van der Waals surface area contributed by atoms with E-state index in [-0.39, 0.29) is 11.7 Å². The molecule has 1 amide bonds. The number of hydrogen-bond acceptors (Lipinski definition) is 4. The molecule has 0 aliphatic carbocycles. The van der Waals surface area contributed by atoms with E-state index in [0.29, 0.717) is 5.69 Å². The van der Waals surface area contributed by atoms with E-state index in [2.05, 4.69) is 36.3 Å². The molecule has 1 unspecified atom stereocenters. The monoisotopic (exact) mass is 356 g/mol. The highest BCUT2D eigenvalue weighted by Crippen LogP contribution is 2.23. The van der Waals surface area contributed by atoms with E-state index in [1.165, 1.54) is 17.2 Å². The first-order valence-corrected chi connectivity index (χ1v) is 9.73. The molecule has 1 aromatic carbocycles. The second-order valence-electron chi connectivity index (χ2n) is 6.43. The first kappa shape index (κ1) is 17.4. The Hall–Kier alpha value is -2.47. The van der Waals surface area contributed by atoms with E-state index in [0.717, 1.165) is 22.1 Å². The fourth-order valence-corrected chi connectivity index (χ4v) is 4.03. The maximum absolute atomic E-state index is 12.4. The van der Waals surface area contributed by atoms with Crippen molar-refractivity contribution in [2.75, 3.05) is 5.75 Å². The minimum absolute atomic E-state index is 0.0987. The lowest BCUT2D eigenvalue weighted by molar-refractivity contribution is 0.0942. The lowest BCUT2D eigenvalue weighted by Gasteiger charge is -2.12. The highest BCUT2D eigenvalue weighted by Gasteiger charge is 2.24. The van der Waals surface area contributed by atoms with E-state index in [9.17, 15) is 13.2 Å². The molecule has 5 nitrogen and oxygen atoms in total. The van der Waals surface area contributed by atoms with Crippen LogP contribution in [-0.4, -0.2) is 31.1 Å². The molecule has 2 aromatic rings. The SMILES string of the molecule is Cc1ccc(-c2cnc(C(=O)NC3C=CS(=O)(=O)C3)c(C)c2)cc1C. The summed E-state index contributed by atoms with van der Waals surface area (Å²) in [7, 11) is -3.20. The van der Waals surface area contributed by atoms with Crippen LogP contribution < -0.4 is 5.32 Å². The quantitative estimate of drug-likeness (QED) is 0.917. The number of carbonyl (C=O) groups excluding carboxylic acids is 1. The Morgan fingerprint density at radius 2 is 1.80 bits per heavy atom. The minimum Gasteiger partial charge on any atom is -0.343 e. The molecule has 0 radical (unpaired) electrons. The van der Waals surface area contributed by atoms with Gasteiger partial charge in [-0.1, -0.05) is 18.2 Å². The first-order chi connectivity index (χ1) is 11.7. The van der Waals surface area contributed by atoms with Gasteiger partial charge in [0.15, 0.2) is 9.84 Å². The van der Waals surface area contributed by atoms with Crippen LogP contribution in [0.1, 0.15) is 27.2 Å². The van der Waals surface area contributed by atoms with Gasteiger partial charge in [-0.3, -0.25) is 9.78 Å². The Bertz CT molecular complexity index is 978. The standard InChI is InChI=1S/C19H20N2O3S/c1-12-4-5-15(8-13(12)2)16-9-14(3)18(20-10-16)19(22)21-17-6-7-25(23,24)11-17/h4-10,17H,11H2,1-3H3,(H,21,22). The zero-order chi connectivity index (χ0) is 18.2. The number of pyridine rings is 1. The fourth-order valence-electron chi connectivity index (χ4n) is 2.79. The lowest BCUT2D eigenvalue weighted by Crippen LogP contribution is -2.36. The molecule has 0 saturated carbocycles. The summed E-state index contributed by atoms with van der Waals surface area (Å²) in [5.74, 6) is -0.464. The molecule has 6 heteroatoms. The van der Waals surface area contributed by atoms with Crippen LogP contribution in [-0.2, 0) is 9.84 Å². The van der Waals surface area contributed by atoms with Crippen LogP contribution in [0.5, 0.6) is 0 Å². The van der Waals surface area contributed by atoms with Gasteiger partial charge in [0, 0.05) is 17.2 Å². The van der Waals surface area contributed by atoms with Crippen molar-refractivity contribution in [3.8, 4) is 11.1 Å². The predicted octanol–water partition coefficient (Wildman–Crippen LogP) is 2.71. The Kier molecular flexibility index (Phi) is 4.47. The molecule has 25 heavy (non-hydrogen) atoms. The normalized spacial score (nSPS) is 18.3. The Balaban J connectivity index is 1.81. The van der Waals surface area contributed by atoms with Gasteiger partial charge < -0.3 is 5.32 Å². The average Bonchev–Trinajstić information content (AvgIpc) is 2.88. The third-order valence-electron chi connectivity index (χ3n) is 4.38. The van der Waals surface area contributed by atoms with Crippen LogP contribution >= 0.6 is 0 Å². The Morgan fingerprint density at radius 1 is 1.08 bits per heavy atom. The van der Waals surface area contributed by atoms with Crippen LogP contribution in [0.2, 0.25) is 0 Å². The summed E-state index contributed by atoms with van der Waals surface area (Å²) < 4.78 is 22.9. The smallest absolute Gasteiger partial charge is 0.270 e. The largest absolute Gasteiger partial charge is 0.343 e. The summed E-state index contributed by atoms with van der Waals surface area (Å²) in [6.07, 6.45) is 3.17. The summed E-state index contributed by atoms with van der Waals surface area (Å²) in [5.41, 5.74) is 5.48. The molecule has 130 valence electrons. The van der Waals surface area contributed by atoms with Gasteiger partial charge in [0.25, 0.3) is 5.91 Å². The maximum atomic E-state index is 12.4. The third-order valence-corrected chi connectivity index (χ3v) is 5.78. The van der Waals surface area contributed by atoms with Crippen LogP contribution in [0.3, 0.4) is 0 Å². The Labute approximate surface area is 147 Å². The van der Waals surface area contributed by atoms with Gasteiger partial charge in [0.05, 0.1) is 11.8 Å². The summed E-state index contributed by atoms with van der Waals surface area (Å²) in [6, 6.07) is 7.62. The van der Waals surface area contributed by atoms with E-state index in [1.54, 1.807) is 6.20 Å². The summed E-state index contributed by atoms with van der Waals surface area (Å²) >= 11 is 0. The van der Waals surface area contributed by atoms with Crippen molar-refractivity contribution >= 4 is 15.7 Å². The van der Waals surface area contributed by atoms with Crippen molar-refractivity contribution in [2.24, 2.45) is 0 Å². The number of sulfone groups is 1. The number of nitrogens with one attached hydrogen (secondary N) is 1. The van der Waals surface area contributed by atoms with Gasteiger partial charge in [0.1, 0.15) is 5.69 Å². The molecule has 3 rings (SSSR count). The van der Waals surface area contributed by atoms with Gasteiger partial charge in [-0.2, -0.15) is 0 Å². The topological polar surface area (TPSA) is 76.1 Å². The third kappa shape index (κ3) is 3.79. The zero-order valence-corrected chi connectivity index (χ0v) is 15.2. The maximum Gasteiger partial charge on any atom is 0.270 e. The van der Waals surface area contributed by atoms with Gasteiger partial charge in [-0.25, -0.2) is 8.42 Å². The van der Waals surface area contributed by atoms with Crippen molar-refractivity contribution in [3.05, 3.63) is 64.3 Å². The van der Waals surface area contributed by atoms with E-state index >= 15 is 0 Å². The molecule has 0 spiro atoms. The van der Waals surface area contributed by atoms with Crippen molar-refractivity contribution < 1.29 is 13.2 Å². The summed E-state index contributed by atoms with van der Waals surface area (Å²) in [6.45, 7) is 5.95. The Morgan fingerprint density at radius 3 is 2.40 bits per heavy atom. The van der Waals surface area contributed by atoms with E-state index in [1.807, 2.05) is 19.1 Å². The molecular weight excluding hydrogens is 336 g/mol. The molecule has 1 aliphatic heterocycles. The molecule has 1 atom stereocenters. The predicted molar refractivity (Wildman–Crippen MR) is 98.1 cm³/mol. The average molecular weight is 356 g/mol. The van der Waals surface area contributed by atoms with Gasteiger partial charge in [-0.15, -0.1) is 0 Å². The second-order valence-corrected chi connectivity index (χ2v) is 8.36.